The zero-order chi connectivity index (χ0) is 11.3. The van der Waals surface area contributed by atoms with E-state index in [1.165, 1.54) is 0 Å². The lowest BCUT2D eigenvalue weighted by Gasteiger charge is -2.29. The van der Waals surface area contributed by atoms with E-state index in [1.54, 1.807) is 18.7 Å². The lowest BCUT2D eigenvalue weighted by Crippen LogP contribution is -2.43. The molecule has 0 aromatic carbocycles. The van der Waals surface area contributed by atoms with E-state index in [0.29, 0.717) is 18.8 Å². The van der Waals surface area contributed by atoms with E-state index in [-0.39, 0.29) is 11.9 Å². The van der Waals surface area contributed by atoms with E-state index >= 15 is 0 Å². The van der Waals surface area contributed by atoms with Crippen molar-refractivity contribution >= 4 is 17.7 Å². The molecule has 3 nitrogen and oxygen atoms in total. The summed E-state index contributed by atoms with van der Waals surface area (Å²) in [6, 6.07) is 0. The van der Waals surface area contributed by atoms with E-state index in [0.717, 1.165) is 18.6 Å². The minimum Gasteiger partial charge on any atom is -0.466 e. The molecule has 0 saturated carbocycles. The van der Waals surface area contributed by atoms with Crippen molar-refractivity contribution in [2.24, 2.45) is 5.92 Å². The fourth-order valence-electron chi connectivity index (χ4n) is 1.98. The highest BCUT2D eigenvalue weighted by Crippen LogP contribution is 2.36. The highest BCUT2D eigenvalue weighted by atomic mass is 32.2. The molecule has 0 radical (unpaired) electrons. The molecule has 0 aromatic rings. The molecule has 1 N–H and O–H groups in total. The number of aliphatic hydroxyl groups is 1. The predicted molar refractivity (Wildman–Crippen MR) is 61.9 cm³/mol. The molecule has 1 saturated heterocycles. The van der Waals surface area contributed by atoms with Crippen molar-refractivity contribution in [3.8, 4) is 0 Å². The van der Waals surface area contributed by atoms with Gasteiger partial charge >= 0.3 is 5.97 Å². The van der Waals surface area contributed by atoms with E-state index in [4.69, 9.17) is 4.74 Å². The van der Waals surface area contributed by atoms with Crippen LogP contribution < -0.4 is 0 Å². The van der Waals surface area contributed by atoms with Crippen LogP contribution in [0.4, 0.5) is 0 Å². The van der Waals surface area contributed by atoms with Crippen LogP contribution in [-0.4, -0.2) is 34.8 Å². The Balaban J connectivity index is 2.67. The smallest absolute Gasteiger partial charge is 0.311 e. The minimum atomic E-state index is -0.826. The Labute approximate surface area is 95.6 Å². The Kier molecular flexibility index (Phi) is 4.93. The van der Waals surface area contributed by atoms with Gasteiger partial charge in [-0.05, 0) is 25.5 Å². The standard InChI is InChI=1S/C11H20O3S/c1-3-5-9(10(12)14-4-2)11(13)6-7-15-8-11/h9,13H,3-8H2,1-2H3. The second kappa shape index (κ2) is 5.75. The molecule has 0 aromatic heterocycles. The monoisotopic (exact) mass is 232 g/mol. The van der Waals surface area contributed by atoms with Crippen LogP contribution in [0.3, 0.4) is 0 Å². The quantitative estimate of drug-likeness (QED) is 0.735. The number of carbonyl (C=O) groups excluding carboxylic acids is 1. The summed E-state index contributed by atoms with van der Waals surface area (Å²) in [5, 5.41) is 10.4. The van der Waals surface area contributed by atoms with Gasteiger partial charge in [0.15, 0.2) is 0 Å². The lowest BCUT2D eigenvalue weighted by atomic mass is 9.83. The van der Waals surface area contributed by atoms with Crippen molar-refractivity contribution in [1.29, 1.82) is 0 Å². The van der Waals surface area contributed by atoms with Crippen LogP contribution in [0.5, 0.6) is 0 Å². The summed E-state index contributed by atoms with van der Waals surface area (Å²) in [6.45, 7) is 4.22. The summed E-state index contributed by atoms with van der Waals surface area (Å²) in [7, 11) is 0. The van der Waals surface area contributed by atoms with Gasteiger partial charge in [-0.1, -0.05) is 13.3 Å². The molecule has 0 aliphatic carbocycles. The van der Waals surface area contributed by atoms with Crippen LogP contribution in [-0.2, 0) is 9.53 Å². The molecule has 2 atom stereocenters. The van der Waals surface area contributed by atoms with Crippen molar-refractivity contribution in [2.75, 3.05) is 18.1 Å². The molecule has 0 amide bonds. The lowest BCUT2D eigenvalue weighted by molar-refractivity contribution is -0.157. The maximum absolute atomic E-state index is 11.7. The van der Waals surface area contributed by atoms with E-state index in [9.17, 15) is 9.90 Å². The molecule has 1 rings (SSSR count). The van der Waals surface area contributed by atoms with Crippen molar-refractivity contribution in [3.63, 3.8) is 0 Å². The normalized spacial score (nSPS) is 27.7. The van der Waals surface area contributed by atoms with Gasteiger partial charge in [0.1, 0.15) is 0 Å². The molecule has 4 heteroatoms. The Morgan fingerprint density at radius 2 is 2.33 bits per heavy atom. The van der Waals surface area contributed by atoms with Gasteiger partial charge in [-0.2, -0.15) is 11.8 Å². The second-order valence-corrected chi connectivity index (χ2v) is 5.10. The third-order valence-electron chi connectivity index (χ3n) is 2.83. The highest BCUT2D eigenvalue weighted by molar-refractivity contribution is 7.99. The Morgan fingerprint density at radius 1 is 1.60 bits per heavy atom. The SMILES string of the molecule is CCCC(C(=O)OCC)C1(O)CCSC1. The molecular weight excluding hydrogens is 212 g/mol. The first kappa shape index (κ1) is 12.8. The number of hydrogen-bond donors (Lipinski definition) is 1. The third-order valence-corrected chi connectivity index (χ3v) is 4.03. The molecule has 1 aliphatic heterocycles. The summed E-state index contributed by atoms with van der Waals surface area (Å²) in [5.41, 5.74) is -0.826. The van der Waals surface area contributed by atoms with Crippen LogP contribution in [0.1, 0.15) is 33.1 Å². The largest absolute Gasteiger partial charge is 0.466 e. The van der Waals surface area contributed by atoms with Crippen molar-refractivity contribution in [3.05, 3.63) is 0 Å². The van der Waals surface area contributed by atoms with Gasteiger partial charge in [0.25, 0.3) is 0 Å². The van der Waals surface area contributed by atoms with E-state index in [1.807, 2.05) is 6.92 Å². The fourth-order valence-corrected chi connectivity index (χ4v) is 3.32. The molecular formula is C11H20O3S. The summed E-state index contributed by atoms with van der Waals surface area (Å²) in [4.78, 5) is 11.7. The number of carbonyl (C=O) groups is 1. The molecule has 1 heterocycles. The van der Waals surface area contributed by atoms with Crippen LogP contribution in [0.15, 0.2) is 0 Å². The van der Waals surface area contributed by atoms with Crippen LogP contribution in [0, 0.1) is 5.92 Å². The van der Waals surface area contributed by atoms with Gasteiger partial charge in [-0.25, -0.2) is 0 Å². The summed E-state index contributed by atoms with van der Waals surface area (Å²) in [6.07, 6.45) is 2.33. The Bertz CT molecular complexity index is 212. The zero-order valence-electron chi connectivity index (χ0n) is 9.49. The minimum absolute atomic E-state index is 0.232. The zero-order valence-corrected chi connectivity index (χ0v) is 10.3. The maximum Gasteiger partial charge on any atom is 0.311 e. The maximum atomic E-state index is 11.7. The molecule has 2 unspecified atom stereocenters. The van der Waals surface area contributed by atoms with Gasteiger partial charge < -0.3 is 9.84 Å². The summed E-state index contributed by atoms with van der Waals surface area (Å²) >= 11 is 1.71. The van der Waals surface area contributed by atoms with Crippen LogP contribution in [0.2, 0.25) is 0 Å². The van der Waals surface area contributed by atoms with Crippen LogP contribution in [0.25, 0.3) is 0 Å². The predicted octanol–water partition coefficient (Wildman–Crippen LogP) is 1.83. The van der Waals surface area contributed by atoms with Gasteiger partial charge in [-0.15, -0.1) is 0 Å². The Morgan fingerprint density at radius 3 is 2.80 bits per heavy atom. The van der Waals surface area contributed by atoms with Gasteiger partial charge in [0, 0.05) is 5.75 Å². The second-order valence-electron chi connectivity index (χ2n) is 4.00. The molecule has 0 bridgehead atoms. The third kappa shape index (κ3) is 3.11. The fraction of sp³-hybridized carbons (Fsp3) is 0.909. The topological polar surface area (TPSA) is 46.5 Å². The molecule has 88 valence electrons. The Hall–Kier alpha value is -0.220. The van der Waals surface area contributed by atoms with Crippen molar-refractivity contribution in [2.45, 2.75) is 38.7 Å². The average molecular weight is 232 g/mol. The summed E-state index contributed by atoms with van der Waals surface area (Å²) in [5.74, 6) is 1.04. The van der Waals surface area contributed by atoms with Gasteiger partial charge in [0.05, 0.1) is 18.1 Å². The first-order chi connectivity index (χ1) is 7.14. The molecule has 0 spiro atoms. The first-order valence-electron chi connectivity index (χ1n) is 5.60. The van der Waals surface area contributed by atoms with Crippen LogP contribution >= 0.6 is 11.8 Å². The number of rotatable bonds is 5. The average Bonchev–Trinajstić information content (AvgIpc) is 2.62. The van der Waals surface area contributed by atoms with Crippen molar-refractivity contribution in [1.82, 2.24) is 0 Å². The molecule has 1 aliphatic rings. The van der Waals surface area contributed by atoms with Gasteiger partial charge in [-0.3, -0.25) is 4.79 Å². The molecule has 1 fully saturated rings. The number of esters is 1. The highest BCUT2D eigenvalue weighted by Gasteiger charge is 2.44. The number of ether oxygens (including phenoxy) is 1. The number of hydrogen-bond acceptors (Lipinski definition) is 4. The van der Waals surface area contributed by atoms with Crippen molar-refractivity contribution < 1.29 is 14.6 Å². The first-order valence-corrected chi connectivity index (χ1v) is 6.76. The number of thioether (sulfide) groups is 1. The van der Waals surface area contributed by atoms with E-state index in [2.05, 4.69) is 0 Å². The van der Waals surface area contributed by atoms with E-state index < -0.39 is 5.60 Å². The summed E-state index contributed by atoms with van der Waals surface area (Å²) < 4.78 is 5.03. The van der Waals surface area contributed by atoms with Gasteiger partial charge in [0.2, 0.25) is 0 Å². The molecule has 15 heavy (non-hydrogen) atoms.